The van der Waals surface area contributed by atoms with Crippen LogP contribution in [-0.4, -0.2) is 60.5 Å². The van der Waals surface area contributed by atoms with Crippen LogP contribution in [0.4, 0.5) is 10.1 Å². The van der Waals surface area contributed by atoms with E-state index in [1.807, 2.05) is 12.1 Å². The molecule has 2 unspecified atom stereocenters. The number of aliphatic hydroxyl groups is 1. The molecule has 144 valence electrons. The summed E-state index contributed by atoms with van der Waals surface area (Å²) < 4.78 is 19.1. The van der Waals surface area contributed by atoms with Gasteiger partial charge in [0.25, 0.3) is 0 Å². The highest BCUT2D eigenvalue weighted by Gasteiger charge is 2.40. The molecule has 3 fully saturated rings. The molecule has 1 saturated carbocycles. The number of fused-ring (bicyclic) bond motifs is 2. The summed E-state index contributed by atoms with van der Waals surface area (Å²) in [5, 5.41) is 10.5. The quantitative estimate of drug-likeness (QED) is 0.843. The van der Waals surface area contributed by atoms with Crippen molar-refractivity contribution in [1.29, 1.82) is 0 Å². The average molecular weight is 362 g/mol. The Morgan fingerprint density at radius 3 is 2.31 bits per heavy atom. The molecule has 1 aromatic carbocycles. The summed E-state index contributed by atoms with van der Waals surface area (Å²) in [5.41, 5.74) is 1.10. The summed E-state index contributed by atoms with van der Waals surface area (Å²) in [5.74, 6) is -0.184. The molecule has 0 aromatic heterocycles. The maximum absolute atomic E-state index is 13.2. The lowest BCUT2D eigenvalue weighted by atomic mass is 9.98. The molecule has 26 heavy (non-hydrogen) atoms. The maximum Gasteiger partial charge on any atom is 0.123 e. The summed E-state index contributed by atoms with van der Waals surface area (Å²) in [6.07, 6.45) is 8.44. The van der Waals surface area contributed by atoms with Gasteiger partial charge >= 0.3 is 0 Å². The summed E-state index contributed by atoms with van der Waals surface area (Å²) in [6, 6.07) is 7.77. The van der Waals surface area contributed by atoms with Crippen molar-refractivity contribution < 1.29 is 14.2 Å². The van der Waals surface area contributed by atoms with Gasteiger partial charge in [0, 0.05) is 37.4 Å². The van der Waals surface area contributed by atoms with E-state index in [2.05, 4.69) is 9.80 Å². The maximum atomic E-state index is 13.2. The van der Waals surface area contributed by atoms with Crippen LogP contribution in [0.25, 0.3) is 0 Å². The number of rotatable bonds is 6. The van der Waals surface area contributed by atoms with Gasteiger partial charge in [0.1, 0.15) is 5.82 Å². The fourth-order valence-corrected chi connectivity index (χ4v) is 4.93. The Kier molecular flexibility index (Phi) is 5.77. The van der Waals surface area contributed by atoms with Crippen LogP contribution in [-0.2, 0) is 4.74 Å². The van der Waals surface area contributed by atoms with Crippen LogP contribution in [0.15, 0.2) is 24.3 Å². The molecule has 4 nitrogen and oxygen atoms in total. The molecule has 2 bridgehead atoms. The number of hydrogen-bond donors (Lipinski definition) is 1. The van der Waals surface area contributed by atoms with Crippen molar-refractivity contribution in [2.24, 2.45) is 0 Å². The SMILES string of the molecule is O[C@@H](COC1CCCCC1)CN1C2CCC1CN(c1ccc(F)cc1)C2. The smallest absolute Gasteiger partial charge is 0.123 e. The molecule has 1 aromatic rings. The Morgan fingerprint density at radius 1 is 1.00 bits per heavy atom. The molecule has 1 aliphatic carbocycles. The zero-order chi connectivity index (χ0) is 17.9. The van der Waals surface area contributed by atoms with Gasteiger partial charge in [0.2, 0.25) is 0 Å². The van der Waals surface area contributed by atoms with Crippen molar-refractivity contribution in [3.63, 3.8) is 0 Å². The standard InChI is InChI=1S/C21H31FN2O2/c22-16-6-8-17(9-7-16)23-12-18-10-11-19(13-23)24(18)14-20(25)15-26-21-4-2-1-3-5-21/h6-9,18-21,25H,1-5,10-15H2/t18?,19?,20-/m1/s1. The lowest BCUT2D eigenvalue weighted by Crippen LogP contribution is -2.56. The van der Waals surface area contributed by atoms with E-state index in [0.717, 1.165) is 31.6 Å². The number of hydrogen-bond acceptors (Lipinski definition) is 4. The average Bonchev–Trinajstić information content (AvgIpc) is 2.89. The van der Waals surface area contributed by atoms with Gasteiger partial charge in [0.15, 0.2) is 0 Å². The lowest BCUT2D eigenvalue weighted by Gasteiger charge is -2.43. The molecule has 3 atom stereocenters. The minimum atomic E-state index is -0.405. The molecule has 2 saturated heterocycles. The number of aliphatic hydroxyl groups excluding tert-OH is 1. The Bertz CT molecular complexity index is 562. The first kappa shape index (κ1) is 18.2. The Morgan fingerprint density at radius 2 is 1.65 bits per heavy atom. The molecule has 3 aliphatic rings. The molecule has 0 spiro atoms. The number of ether oxygens (including phenoxy) is 1. The fourth-order valence-electron chi connectivity index (χ4n) is 4.93. The first-order valence-electron chi connectivity index (χ1n) is 10.2. The molecular weight excluding hydrogens is 331 g/mol. The predicted molar refractivity (Wildman–Crippen MR) is 101 cm³/mol. The van der Waals surface area contributed by atoms with Crippen LogP contribution in [0.2, 0.25) is 0 Å². The van der Waals surface area contributed by atoms with Crippen LogP contribution >= 0.6 is 0 Å². The van der Waals surface area contributed by atoms with Crippen molar-refractivity contribution in [3.8, 4) is 0 Å². The predicted octanol–water partition coefficient (Wildman–Crippen LogP) is 3.19. The van der Waals surface area contributed by atoms with Crippen LogP contribution in [0.5, 0.6) is 0 Å². The molecule has 2 heterocycles. The second-order valence-corrected chi connectivity index (χ2v) is 8.21. The van der Waals surface area contributed by atoms with Gasteiger partial charge < -0.3 is 14.7 Å². The van der Waals surface area contributed by atoms with E-state index in [1.54, 1.807) is 0 Å². The molecular formula is C21H31FN2O2. The van der Waals surface area contributed by atoms with Crippen LogP contribution in [0.3, 0.4) is 0 Å². The minimum Gasteiger partial charge on any atom is -0.389 e. The third-order valence-corrected chi connectivity index (χ3v) is 6.32. The second-order valence-electron chi connectivity index (χ2n) is 8.21. The normalized spacial score (nSPS) is 28.5. The number of halogens is 1. The fraction of sp³-hybridized carbons (Fsp3) is 0.714. The highest BCUT2D eigenvalue weighted by molar-refractivity contribution is 5.47. The van der Waals surface area contributed by atoms with Crippen molar-refractivity contribution in [3.05, 3.63) is 30.1 Å². The van der Waals surface area contributed by atoms with E-state index < -0.39 is 6.10 Å². The number of piperazine rings is 1. The summed E-state index contributed by atoms with van der Waals surface area (Å²) in [6.45, 7) is 3.08. The van der Waals surface area contributed by atoms with E-state index in [1.165, 1.54) is 44.2 Å². The van der Waals surface area contributed by atoms with Gasteiger partial charge in [-0.1, -0.05) is 19.3 Å². The van der Waals surface area contributed by atoms with Crippen LogP contribution < -0.4 is 4.90 Å². The molecule has 1 N–H and O–H groups in total. The second kappa shape index (κ2) is 8.24. The first-order valence-corrected chi connectivity index (χ1v) is 10.2. The highest BCUT2D eigenvalue weighted by atomic mass is 19.1. The Balaban J connectivity index is 1.28. The van der Waals surface area contributed by atoms with Crippen molar-refractivity contribution in [2.45, 2.75) is 69.2 Å². The summed E-state index contributed by atoms with van der Waals surface area (Å²) in [4.78, 5) is 4.85. The van der Waals surface area contributed by atoms with Gasteiger partial charge in [-0.25, -0.2) is 4.39 Å². The summed E-state index contributed by atoms with van der Waals surface area (Å²) >= 11 is 0. The highest BCUT2D eigenvalue weighted by Crippen LogP contribution is 2.33. The molecule has 2 aliphatic heterocycles. The van der Waals surface area contributed by atoms with Crippen molar-refractivity contribution >= 4 is 5.69 Å². The molecule has 0 amide bonds. The van der Waals surface area contributed by atoms with E-state index in [0.29, 0.717) is 31.3 Å². The van der Waals surface area contributed by atoms with Gasteiger partial charge in [0.05, 0.1) is 18.8 Å². The topological polar surface area (TPSA) is 35.9 Å². The third kappa shape index (κ3) is 4.21. The van der Waals surface area contributed by atoms with E-state index in [9.17, 15) is 9.50 Å². The number of anilines is 1. The van der Waals surface area contributed by atoms with Gasteiger partial charge in [-0.15, -0.1) is 0 Å². The molecule has 4 rings (SSSR count). The van der Waals surface area contributed by atoms with E-state index >= 15 is 0 Å². The van der Waals surface area contributed by atoms with Gasteiger partial charge in [-0.05, 0) is 49.9 Å². The zero-order valence-corrected chi connectivity index (χ0v) is 15.5. The number of benzene rings is 1. The van der Waals surface area contributed by atoms with Crippen molar-refractivity contribution in [2.75, 3.05) is 31.1 Å². The zero-order valence-electron chi connectivity index (χ0n) is 15.5. The van der Waals surface area contributed by atoms with E-state index in [4.69, 9.17) is 4.74 Å². The molecule has 0 radical (unpaired) electrons. The minimum absolute atomic E-state index is 0.184. The Hall–Kier alpha value is -1.17. The monoisotopic (exact) mass is 362 g/mol. The van der Waals surface area contributed by atoms with Gasteiger partial charge in [-0.2, -0.15) is 0 Å². The largest absolute Gasteiger partial charge is 0.389 e. The summed E-state index contributed by atoms with van der Waals surface area (Å²) in [7, 11) is 0. The first-order chi connectivity index (χ1) is 12.7. The van der Waals surface area contributed by atoms with E-state index in [-0.39, 0.29) is 5.82 Å². The lowest BCUT2D eigenvalue weighted by molar-refractivity contribution is -0.0389. The third-order valence-electron chi connectivity index (χ3n) is 6.32. The molecule has 5 heteroatoms. The van der Waals surface area contributed by atoms with Crippen LogP contribution in [0, 0.1) is 5.82 Å². The van der Waals surface area contributed by atoms with Gasteiger partial charge in [-0.3, -0.25) is 4.90 Å². The van der Waals surface area contributed by atoms with Crippen molar-refractivity contribution in [1.82, 2.24) is 4.90 Å². The Labute approximate surface area is 155 Å². The number of nitrogens with zero attached hydrogens (tertiary/aromatic N) is 2. The van der Waals surface area contributed by atoms with Crippen LogP contribution in [0.1, 0.15) is 44.9 Å².